The number of para-hydroxylation sites is 1. The Morgan fingerprint density at radius 2 is 2.18 bits per heavy atom. The van der Waals surface area contributed by atoms with Gasteiger partial charge in [0.05, 0.1) is 0 Å². The number of nitrogens with one attached hydrogen (secondary N) is 1. The summed E-state index contributed by atoms with van der Waals surface area (Å²) in [5.74, 6) is 1.45. The van der Waals surface area contributed by atoms with E-state index in [2.05, 4.69) is 55.4 Å². The fourth-order valence-corrected chi connectivity index (χ4v) is 2.63. The Hall–Kier alpha value is -1.02. The fraction of sp³-hybridized carbons (Fsp3) is 0.600. The molecule has 0 fully saturated rings. The number of hydrogen-bond donors (Lipinski definition) is 1. The van der Waals surface area contributed by atoms with E-state index in [0.717, 1.165) is 19.0 Å². The lowest BCUT2D eigenvalue weighted by molar-refractivity contribution is 0.270. The van der Waals surface area contributed by atoms with E-state index in [1.807, 2.05) is 0 Å². The predicted molar refractivity (Wildman–Crippen MR) is 74.6 cm³/mol. The van der Waals surface area contributed by atoms with Crippen molar-refractivity contribution in [2.24, 2.45) is 5.92 Å². The van der Waals surface area contributed by atoms with Crippen LogP contribution in [0.1, 0.15) is 31.7 Å². The van der Waals surface area contributed by atoms with E-state index < -0.39 is 0 Å². The molecule has 0 saturated heterocycles. The molecular weight excluding hydrogens is 208 g/mol. The van der Waals surface area contributed by atoms with Gasteiger partial charge in [0.15, 0.2) is 0 Å². The number of rotatable bonds is 5. The predicted octanol–water partition coefficient (Wildman–Crippen LogP) is 3.17. The number of fused-ring (bicyclic) bond motifs is 1. The molecule has 2 nitrogen and oxygen atoms in total. The maximum absolute atomic E-state index is 3.50. The third-order valence-corrected chi connectivity index (χ3v) is 3.79. The van der Waals surface area contributed by atoms with Crippen LogP contribution >= 0.6 is 0 Å². The van der Waals surface area contributed by atoms with Gasteiger partial charge in [-0.15, -0.1) is 0 Å². The highest BCUT2D eigenvalue weighted by Gasteiger charge is 2.22. The Labute approximate surface area is 105 Å². The van der Waals surface area contributed by atoms with Gasteiger partial charge in [0.1, 0.15) is 0 Å². The second-order valence-electron chi connectivity index (χ2n) is 5.40. The van der Waals surface area contributed by atoms with Crippen molar-refractivity contribution in [2.45, 2.75) is 26.2 Å². The molecule has 0 saturated carbocycles. The molecule has 2 unspecified atom stereocenters. The van der Waals surface area contributed by atoms with Crippen molar-refractivity contribution >= 4 is 5.69 Å². The molecule has 2 rings (SSSR count). The Bertz CT molecular complexity index is 362. The average molecular weight is 232 g/mol. The molecule has 1 heterocycles. The van der Waals surface area contributed by atoms with E-state index in [0.29, 0.717) is 5.92 Å². The van der Waals surface area contributed by atoms with Gasteiger partial charge >= 0.3 is 0 Å². The van der Waals surface area contributed by atoms with E-state index in [1.54, 1.807) is 0 Å². The first-order valence-electron chi connectivity index (χ1n) is 6.72. The topological polar surface area (TPSA) is 15.3 Å². The van der Waals surface area contributed by atoms with E-state index in [1.165, 1.54) is 24.2 Å². The van der Waals surface area contributed by atoms with Crippen LogP contribution in [-0.2, 0) is 0 Å². The summed E-state index contributed by atoms with van der Waals surface area (Å²) >= 11 is 0. The van der Waals surface area contributed by atoms with Crippen molar-refractivity contribution in [2.75, 3.05) is 32.0 Å². The molecule has 17 heavy (non-hydrogen) atoms. The number of nitrogens with zero attached hydrogens (tertiary/aromatic N) is 1. The van der Waals surface area contributed by atoms with Crippen molar-refractivity contribution in [1.29, 1.82) is 0 Å². The Balaban J connectivity index is 1.93. The van der Waals surface area contributed by atoms with E-state index in [4.69, 9.17) is 0 Å². The second kappa shape index (κ2) is 5.54. The van der Waals surface area contributed by atoms with E-state index >= 15 is 0 Å². The van der Waals surface area contributed by atoms with Gasteiger partial charge in [-0.05, 0) is 24.6 Å². The first-order chi connectivity index (χ1) is 8.20. The molecule has 0 aromatic heterocycles. The average Bonchev–Trinajstić information content (AvgIpc) is 2.72. The van der Waals surface area contributed by atoms with Gasteiger partial charge in [0.25, 0.3) is 0 Å². The lowest BCUT2D eigenvalue weighted by Crippen LogP contribution is -2.29. The van der Waals surface area contributed by atoms with Crippen molar-refractivity contribution in [3.63, 3.8) is 0 Å². The van der Waals surface area contributed by atoms with E-state index in [-0.39, 0.29) is 0 Å². The van der Waals surface area contributed by atoms with Gasteiger partial charge in [0.2, 0.25) is 0 Å². The highest BCUT2D eigenvalue weighted by atomic mass is 15.1. The molecule has 2 atom stereocenters. The molecule has 1 aliphatic rings. The summed E-state index contributed by atoms with van der Waals surface area (Å²) in [4.78, 5) is 2.47. The van der Waals surface area contributed by atoms with Crippen molar-refractivity contribution < 1.29 is 0 Å². The van der Waals surface area contributed by atoms with Crippen LogP contribution in [0.4, 0.5) is 5.69 Å². The molecule has 2 heteroatoms. The van der Waals surface area contributed by atoms with Gasteiger partial charge in [-0.1, -0.05) is 38.5 Å². The van der Waals surface area contributed by atoms with Crippen molar-refractivity contribution in [1.82, 2.24) is 4.90 Å². The summed E-state index contributed by atoms with van der Waals surface area (Å²) < 4.78 is 0. The highest BCUT2D eigenvalue weighted by molar-refractivity contribution is 5.57. The molecule has 1 aliphatic heterocycles. The third-order valence-electron chi connectivity index (χ3n) is 3.79. The Morgan fingerprint density at radius 3 is 2.94 bits per heavy atom. The van der Waals surface area contributed by atoms with Gasteiger partial charge in [-0.3, -0.25) is 0 Å². The molecule has 0 bridgehead atoms. The zero-order valence-electron chi connectivity index (χ0n) is 11.2. The lowest BCUT2D eigenvalue weighted by Gasteiger charge is -2.23. The fourth-order valence-electron chi connectivity index (χ4n) is 2.63. The molecule has 1 N–H and O–H groups in total. The summed E-state index contributed by atoms with van der Waals surface area (Å²) in [5, 5.41) is 3.50. The molecule has 1 aromatic carbocycles. The van der Waals surface area contributed by atoms with Crippen molar-refractivity contribution in [3.8, 4) is 0 Å². The van der Waals surface area contributed by atoms with E-state index in [9.17, 15) is 0 Å². The van der Waals surface area contributed by atoms with Gasteiger partial charge in [-0.2, -0.15) is 0 Å². The van der Waals surface area contributed by atoms with Crippen LogP contribution in [-0.4, -0.2) is 31.6 Å². The largest absolute Gasteiger partial charge is 0.384 e. The minimum Gasteiger partial charge on any atom is -0.384 e. The molecule has 0 spiro atoms. The minimum atomic E-state index is 0.653. The SMILES string of the molecule is CCC(C)CN(C)CC1CNc2ccccc21. The maximum Gasteiger partial charge on any atom is 0.0376 e. The van der Waals surface area contributed by atoms with Crippen LogP contribution in [0.25, 0.3) is 0 Å². The molecule has 0 aliphatic carbocycles. The minimum absolute atomic E-state index is 0.653. The first kappa shape index (κ1) is 12.4. The first-order valence-corrected chi connectivity index (χ1v) is 6.72. The Morgan fingerprint density at radius 1 is 1.41 bits per heavy atom. The van der Waals surface area contributed by atoms with Crippen LogP contribution in [0.5, 0.6) is 0 Å². The summed E-state index contributed by atoms with van der Waals surface area (Å²) in [6.45, 7) is 8.05. The Kier molecular flexibility index (Phi) is 4.06. The quantitative estimate of drug-likeness (QED) is 0.839. The van der Waals surface area contributed by atoms with Gasteiger partial charge in [0, 0.05) is 31.2 Å². The summed E-state index contributed by atoms with van der Waals surface area (Å²) in [6, 6.07) is 8.70. The third kappa shape index (κ3) is 3.01. The van der Waals surface area contributed by atoms with Crippen LogP contribution in [0.3, 0.4) is 0 Å². The summed E-state index contributed by atoms with van der Waals surface area (Å²) in [6.07, 6.45) is 1.27. The molecule has 0 radical (unpaired) electrons. The molecule has 1 aromatic rings. The molecular formula is C15H24N2. The van der Waals surface area contributed by atoms with Crippen LogP contribution in [0.2, 0.25) is 0 Å². The van der Waals surface area contributed by atoms with Gasteiger partial charge < -0.3 is 10.2 Å². The summed E-state index contributed by atoms with van der Waals surface area (Å²) in [5.41, 5.74) is 2.82. The second-order valence-corrected chi connectivity index (χ2v) is 5.40. The number of benzene rings is 1. The van der Waals surface area contributed by atoms with Gasteiger partial charge in [-0.25, -0.2) is 0 Å². The zero-order chi connectivity index (χ0) is 12.3. The summed E-state index contributed by atoms with van der Waals surface area (Å²) in [7, 11) is 2.24. The normalized spacial score (nSPS) is 20.1. The molecule has 94 valence electrons. The smallest absolute Gasteiger partial charge is 0.0376 e. The van der Waals surface area contributed by atoms with Crippen molar-refractivity contribution in [3.05, 3.63) is 29.8 Å². The zero-order valence-corrected chi connectivity index (χ0v) is 11.2. The van der Waals surface area contributed by atoms with Crippen LogP contribution < -0.4 is 5.32 Å². The number of anilines is 1. The lowest BCUT2D eigenvalue weighted by atomic mass is 10.0. The van der Waals surface area contributed by atoms with Crippen LogP contribution in [0, 0.1) is 5.92 Å². The monoisotopic (exact) mass is 232 g/mol. The van der Waals surface area contributed by atoms with Crippen LogP contribution in [0.15, 0.2) is 24.3 Å². The maximum atomic E-state index is 3.50. The standard InChI is InChI=1S/C15H24N2/c1-4-12(2)10-17(3)11-13-9-16-15-8-6-5-7-14(13)15/h5-8,12-13,16H,4,9-11H2,1-3H3. The number of hydrogen-bond acceptors (Lipinski definition) is 2. The molecule has 0 amide bonds. The number of likely N-dealkylation sites (N-methyl/N-ethyl adjacent to an activating group) is 1. The highest BCUT2D eigenvalue weighted by Crippen LogP contribution is 2.31.